The number of anilines is 3. The quantitative estimate of drug-likeness (QED) is 0.571. The van der Waals surface area contributed by atoms with Gasteiger partial charge in [0.15, 0.2) is 0 Å². The van der Waals surface area contributed by atoms with E-state index in [9.17, 15) is 0 Å². The third kappa shape index (κ3) is 2.94. The SMILES string of the molecule is N#Cc1cc(N)ccc1Nc1ccc(I)cc1Br. The van der Waals surface area contributed by atoms with Gasteiger partial charge in [-0.3, -0.25) is 0 Å². The molecular weight excluding hydrogens is 405 g/mol. The van der Waals surface area contributed by atoms with Crippen LogP contribution in [0, 0.1) is 14.9 Å². The molecule has 2 aromatic carbocycles. The molecule has 18 heavy (non-hydrogen) atoms. The van der Waals surface area contributed by atoms with E-state index in [1.54, 1.807) is 18.2 Å². The van der Waals surface area contributed by atoms with Gasteiger partial charge in [0.1, 0.15) is 6.07 Å². The van der Waals surface area contributed by atoms with Gasteiger partial charge in [0, 0.05) is 13.7 Å². The second-order valence-electron chi connectivity index (χ2n) is 3.67. The number of hydrogen-bond acceptors (Lipinski definition) is 3. The molecule has 0 bridgehead atoms. The standard InChI is InChI=1S/C13H9BrIN3/c14-11-6-9(15)1-3-13(11)18-12-4-2-10(17)5-8(12)7-16/h1-6,18H,17H2. The first-order valence-corrected chi connectivity index (χ1v) is 6.99. The van der Waals surface area contributed by atoms with Crippen molar-refractivity contribution in [3.05, 3.63) is 50.0 Å². The van der Waals surface area contributed by atoms with Crippen molar-refractivity contribution in [3.8, 4) is 6.07 Å². The van der Waals surface area contributed by atoms with Crippen LogP contribution in [0.1, 0.15) is 5.56 Å². The summed E-state index contributed by atoms with van der Waals surface area (Å²) < 4.78 is 2.10. The van der Waals surface area contributed by atoms with Crippen molar-refractivity contribution >= 4 is 55.6 Å². The molecule has 0 aliphatic carbocycles. The molecule has 2 aromatic rings. The number of nitrogen functional groups attached to an aromatic ring is 1. The molecule has 0 aromatic heterocycles. The number of hydrogen-bond donors (Lipinski definition) is 2. The molecule has 0 spiro atoms. The average Bonchev–Trinajstić information content (AvgIpc) is 2.34. The summed E-state index contributed by atoms with van der Waals surface area (Å²) in [5, 5.41) is 12.3. The molecule has 2 rings (SSSR count). The monoisotopic (exact) mass is 413 g/mol. The Labute approximate surface area is 127 Å². The summed E-state index contributed by atoms with van der Waals surface area (Å²) in [5.74, 6) is 0. The van der Waals surface area contributed by atoms with Crippen LogP contribution in [0.2, 0.25) is 0 Å². The highest BCUT2D eigenvalue weighted by Crippen LogP contribution is 2.29. The maximum absolute atomic E-state index is 9.08. The molecule has 90 valence electrons. The normalized spacial score (nSPS) is 9.83. The molecule has 0 radical (unpaired) electrons. The summed E-state index contributed by atoms with van der Waals surface area (Å²) in [5.41, 5.74) is 8.43. The fraction of sp³-hybridized carbons (Fsp3) is 0. The lowest BCUT2D eigenvalue weighted by molar-refractivity contribution is 1.45. The van der Waals surface area contributed by atoms with Gasteiger partial charge in [0.05, 0.1) is 16.9 Å². The van der Waals surface area contributed by atoms with E-state index in [2.05, 4.69) is 49.9 Å². The summed E-state index contributed by atoms with van der Waals surface area (Å²) in [7, 11) is 0. The second kappa shape index (κ2) is 5.59. The topological polar surface area (TPSA) is 61.8 Å². The highest BCUT2D eigenvalue weighted by molar-refractivity contribution is 14.1. The van der Waals surface area contributed by atoms with Crippen LogP contribution in [0.3, 0.4) is 0 Å². The van der Waals surface area contributed by atoms with Gasteiger partial charge < -0.3 is 11.1 Å². The number of halogens is 2. The Morgan fingerprint density at radius 2 is 1.89 bits per heavy atom. The first kappa shape index (κ1) is 13.2. The van der Waals surface area contributed by atoms with Crippen molar-refractivity contribution < 1.29 is 0 Å². The minimum Gasteiger partial charge on any atom is -0.399 e. The molecule has 0 amide bonds. The summed E-state index contributed by atoms with van der Waals surface area (Å²) in [6.07, 6.45) is 0. The van der Waals surface area contributed by atoms with Crippen LogP contribution < -0.4 is 11.1 Å². The zero-order chi connectivity index (χ0) is 13.1. The maximum Gasteiger partial charge on any atom is 0.101 e. The Morgan fingerprint density at radius 1 is 1.17 bits per heavy atom. The van der Waals surface area contributed by atoms with Gasteiger partial charge in [0.25, 0.3) is 0 Å². The Kier molecular flexibility index (Phi) is 4.09. The fourth-order valence-electron chi connectivity index (χ4n) is 1.50. The molecule has 5 heteroatoms. The molecular formula is C13H9BrIN3. The lowest BCUT2D eigenvalue weighted by Gasteiger charge is -2.10. The van der Waals surface area contributed by atoms with Crippen LogP contribution in [-0.4, -0.2) is 0 Å². The first-order chi connectivity index (χ1) is 8.60. The molecule has 0 aliphatic heterocycles. The molecule has 0 heterocycles. The first-order valence-electron chi connectivity index (χ1n) is 5.12. The summed E-state index contributed by atoms with van der Waals surface area (Å²) in [6.45, 7) is 0. The summed E-state index contributed by atoms with van der Waals surface area (Å²) in [6, 6.07) is 13.3. The predicted octanol–water partition coefficient (Wildman–Crippen LogP) is 4.25. The van der Waals surface area contributed by atoms with Gasteiger partial charge in [-0.25, -0.2) is 0 Å². The lowest BCUT2D eigenvalue weighted by atomic mass is 10.1. The summed E-state index contributed by atoms with van der Waals surface area (Å²) in [4.78, 5) is 0. The third-order valence-corrected chi connectivity index (χ3v) is 3.69. The van der Waals surface area contributed by atoms with Gasteiger partial charge in [-0.15, -0.1) is 0 Å². The largest absolute Gasteiger partial charge is 0.399 e. The third-order valence-electron chi connectivity index (χ3n) is 2.36. The number of nitrogens with one attached hydrogen (secondary N) is 1. The highest BCUT2D eigenvalue weighted by atomic mass is 127. The zero-order valence-corrected chi connectivity index (χ0v) is 13.0. The Balaban J connectivity index is 2.37. The molecule has 3 N–H and O–H groups in total. The maximum atomic E-state index is 9.08. The van der Waals surface area contributed by atoms with Crippen LogP contribution >= 0.6 is 38.5 Å². The van der Waals surface area contributed by atoms with Crippen molar-refractivity contribution in [1.29, 1.82) is 5.26 Å². The molecule has 0 aliphatic rings. The van der Waals surface area contributed by atoms with Crippen LogP contribution in [0.25, 0.3) is 0 Å². The predicted molar refractivity (Wildman–Crippen MR) is 85.7 cm³/mol. The van der Waals surface area contributed by atoms with Crippen LogP contribution in [0.15, 0.2) is 40.9 Å². The van der Waals surface area contributed by atoms with E-state index in [-0.39, 0.29) is 0 Å². The van der Waals surface area contributed by atoms with E-state index in [4.69, 9.17) is 11.0 Å². The number of nitriles is 1. The Morgan fingerprint density at radius 3 is 2.56 bits per heavy atom. The van der Waals surface area contributed by atoms with E-state index in [1.807, 2.05) is 18.2 Å². The van der Waals surface area contributed by atoms with Gasteiger partial charge in [0.2, 0.25) is 0 Å². The average molecular weight is 414 g/mol. The van der Waals surface area contributed by atoms with Crippen molar-refractivity contribution in [1.82, 2.24) is 0 Å². The Hall–Kier alpha value is -1.26. The van der Waals surface area contributed by atoms with Gasteiger partial charge >= 0.3 is 0 Å². The number of rotatable bonds is 2. The minimum absolute atomic E-state index is 0.528. The van der Waals surface area contributed by atoms with Crippen molar-refractivity contribution in [2.45, 2.75) is 0 Å². The smallest absolute Gasteiger partial charge is 0.101 e. The highest BCUT2D eigenvalue weighted by Gasteiger charge is 2.05. The second-order valence-corrected chi connectivity index (χ2v) is 5.77. The number of benzene rings is 2. The van der Waals surface area contributed by atoms with Crippen molar-refractivity contribution in [2.75, 3.05) is 11.1 Å². The zero-order valence-electron chi connectivity index (χ0n) is 9.24. The molecule has 0 saturated heterocycles. The van der Waals surface area contributed by atoms with Crippen LogP contribution in [0.5, 0.6) is 0 Å². The molecule has 0 fully saturated rings. The van der Waals surface area contributed by atoms with Crippen LogP contribution in [-0.2, 0) is 0 Å². The van der Waals surface area contributed by atoms with Crippen molar-refractivity contribution in [3.63, 3.8) is 0 Å². The van der Waals surface area contributed by atoms with Crippen LogP contribution in [0.4, 0.5) is 17.1 Å². The molecule has 0 unspecified atom stereocenters. The van der Waals surface area contributed by atoms with Gasteiger partial charge in [-0.2, -0.15) is 5.26 Å². The molecule has 0 atom stereocenters. The minimum atomic E-state index is 0.528. The fourth-order valence-corrected chi connectivity index (χ4v) is 2.90. The van der Waals surface area contributed by atoms with E-state index in [0.717, 1.165) is 19.4 Å². The van der Waals surface area contributed by atoms with Gasteiger partial charge in [-0.1, -0.05) is 0 Å². The van der Waals surface area contributed by atoms with E-state index >= 15 is 0 Å². The number of nitrogens with zero attached hydrogens (tertiary/aromatic N) is 1. The van der Waals surface area contributed by atoms with Crippen molar-refractivity contribution in [2.24, 2.45) is 0 Å². The van der Waals surface area contributed by atoms with E-state index < -0.39 is 0 Å². The lowest BCUT2D eigenvalue weighted by Crippen LogP contribution is -1.96. The van der Waals surface area contributed by atoms with E-state index in [1.165, 1.54) is 0 Å². The van der Waals surface area contributed by atoms with Gasteiger partial charge in [-0.05, 0) is 74.9 Å². The number of nitrogens with two attached hydrogens (primary N) is 1. The summed E-state index contributed by atoms with van der Waals surface area (Å²) >= 11 is 5.74. The van der Waals surface area contributed by atoms with E-state index in [0.29, 0.717) is 11.3 Å². The Bertz CT molecular complexity index is 635. The molecule has 0 saturated carbocycles. The molecule has 3 nitrogen and oxygen atoms in total.